The molecule has 4 aliphatic rings. The van der Waals surface area contributed by atoms with Crippen LogP contribution in [0.5, 0.6) is 0 Å². The van der Waals surface area contributed by atoms with Gasteiger partial charge in [-0.1, -0.05) is 52.9 Å². The van der Waals surface area contributed by atoms with Crippen LogP contribution >= 0.6 is 0 Å². The van der Waals surface area contributed by atoms with E-state index in [1.807, 2.05) is 20.8 Å². The van der Waals surface area contributed by atoms with E-state index in [0.717, 1.165) is 51.2 Å². The molecule has 3 saturated carbocycles. The molecule has 1 heterocycles. The molecule has 12 nitrogen and oxygen atoms in total. The fraction of sp³-hybridized carbons (Fsp3) is 0.833. The van der Waals surface area contributed by atoms with Gasteiger partial charge in [-0.15, -0.1) is 0 Å². The van der Waals surface area contributed by atoms with Gasteiger partial charge < -0.3 is 26.2 Å². The van der Waals surface area contributed by atoms with Gasteiger partial charge in [0.2, 0.25) is 17.6 Å². The molecule has 4 N–H and O–H groups in total. The van der Waals surface area contributed by atoms with Crippen molar-refractivity contribution in [1.82, 2.24) is 26.2 Å². The Kier molecular flexibility index (Phi) is 10.1. The predicted molar refractivity (Wildman–Crippen MR) is 161 cm³/mol. The normalized spacial score (nSPS) is 23.5. The summed E-state index contributed by atoms with van der Waals surface area (Å²) in [4.78, 5) is 67.7. The standard InChI is InChI=1S/C30H49N5O7S/c1-29(2,3)24(33-28(40)34-30(18-43(4,41)42)14-6-5-7-15-30)27(39)35-16-8-9-22(35)25(37)32-21(17-19-10-11-19)23(36)26(38)31-20-12-13-20/h19-22,24H,5-18H2,1-4H3,(H,31,38)(H,32,37)(H2,33,34,40)/t21-,22-,24+/m0/s1. The van der Waals surface area contributed by atoms with Crippen LogP contribution in [0.4, 0.5) is 4.79 Å². The van der Waals surface area contributed by atoms with Crippen LogP contribution in [-0.4, -0.2) is 91.1 Å². The van der Waals surface area contributed by atoms with Gasteiger partial charge in [0.25, 0.3) is 5.91 Å². The maximum absolute atomic E-state index is 14.0. The first kappa shape index (κ1) is 33.2. The van der Waals surface area contributed by atoms with Crippen LogP contribution in [-0.2, 0) is 29.0 Å². The molecule has 0 spiro atoms. The lowest BCUT2D eigenvalue weighted by Crippen LogP contribution is -2.63. The van der Waals surface area contributed by atoms with E-state index in [0.29, 0.717) is 38.6 Å². The van der Waals surface area contributed by atoms with Crippen molar-refractivity contribution in [2.45, 2.75) is 128 Å². The number of rotatable bonds is 12. The summed E-state index contributed by atoms with van der Waals surface area (Å²) in [7, 11) is -3.37. The van der Waals surface area contributed by atoms with Crippen molar-refractivity contribution in [3.8, 4) is 0 Å². The SMILES string of the molecule is CC(C)(C)[C@H](NC(=O)NC1(CS(C)(=O)=O)CCCCC1)C(=O)N1CCC[C@H]1C(=O)N[C@@H](CC1CC1)C(=O)C(=O)NC1CC1. The van der Waals surface area contributed by atoms with Crippen molar-refractivity contribution in [3.63, 3.8) is 0 Å². The van der Waals surface area contributed by atoms with Gasteiger partial charge in [0, 0.05) is 18.8 Å². The van der Waals surface area contributed by atoms with Crippen LogP contribution in [0.3, 0.4) is 0 Å². The van der Waals surface area contributed by atoms with Crippen LogP contribution in [0.1, 0.15) is 97.8 Å². The lowest BCUT2D eigenvalue weighted by atomic mass is 9.83. The highest BCUT2D eigenvalue weighted by molar-refractivity contribution is 7.90. The Morgan fingerprint density at radius 3 is 2.12 bits per heavy atom. The minimum atomic E-state index is -3.37. The molecular weight excluding hydrogens is 574 g/mol. The first-order chi connectivity index (χ1) is 20.1. The molecule has 1 saturated heterocycles. The van der Waals surface area contributed by atoms with Gasteiger partial charge in [0.15, 0.2) is 0 Å². The number of nitrogens with one attached hydrogen (secondary N) is 4. The minimum absolute atomic E-state index is 0.0232. The highest BCUT2D eigenvalue weighted by Gasteiger charge is 2.45. The first-order valence-electron chi connectivity index (χ1n) is 15.8. The molecule has 13 heteroatoms. The molecular formula is C30H49N5O7S. The number of carbonyl (C=O) groups excluding carboxylic acids is 5. The molecule has 0 unspecified atom stereocenters. The lowest BCUT2D eigenvalue weighted by Gasteiger charge is -2.39. The average Bonchev–Trinajstić information content (AvgIpc) is 3.83. The first-order valence-corrected chi connectivity index (χ1v) is 17.8. The Morgan fingerprint density at radius 1 is 0.907 bits per heavy atom. The van der Waals surface area contributed by atoms with Crippen molar-refractivity contribution in [1.29, 1.82) is 0 Å². The molecule has 0 aromatic heterocycles. The van der Waals surface area contributed by atoms with Crippen LogP contribution in [0.25, 0.3) is 0 Å². The van der Waals surface area contributed by atoms with Crippen molar-refractivity contribution in [2.75, 3.05) is 18.6 Å². The van der Waals surface area contributed by atoms with Gasteiger partial charge in [-0.3, -0.25) is 19.2 Å². The second-order valence-corrected chi connectivity index (χ2v) is 16.5. The molecule has 0 aromatic carbocycles. The van der Waals surface area contributed by atoms with Crippen molar-refractivity contribution >= 4 is 39.4 Å². The van der Waals surface area contributed by atoms with Gasteiger partial charge in [-0.05, 0) is 56.3 Å². The number of amides is 5. The van der Waals surface area contributed by atoms with E-state index < -0.39 is 68.5 Å². The van der Waals surface area contributed by atoms with E-state index in [9.17, 15) is 32.4 Å². The van der Waals surface area contributed by atoms with Crippen LogP contribution in [0, 0.1) is 11.3 Å². The second-order valence-electron chi connectivity index (χ2n) is 14.4. The number of hydrogen-bond acceptors (Lipinski definition) is 7. The quantitative estimate of drug-likeness (QED) is 0.239. The van der Waals surface area contributed by atoms with Gasteiger partial charge in [0.05, 0.1) is 17.3 Å². The van der Waals surface area contributed by atoms with E-state index in [-0.39, 0.29) is 17.7 Å². The fourth-order valence-electron chi connectivity index (χ4n) is 6.39. The average molecular weight is 624 g/mol. The van der Waals surface area contributed by atoms with E-state index in [4.69, 9.17) is 0 Å². The van der Waals surface area contributed by atoms with Crippen molar-refractivity contribution < 1.29 is 32.4 Å². The predicted octanol–water partition coefficient (Wildman–Crippen LogP) is 1.57. The Bertz CT molecular complexity index is 1200. The molecule has 4 rings (SSSR count). The Morgan fingerprint density at radius 2 is 1.56 bits per heavy atom. The maximum Gasteiger partial charge on any atom is 0.315 e. The zero-order valence-corrected chi connectivity index (χ0v) is 26.8. The third-order valence-corrected chi connectivity index (χ3v) is 10.1. The summed E-state index contributed by atoms with van der Waals surface area (Å²) in [5.74, 6) is -2.11. The van der Waals surface area contributed by atoms with E-state index >= 15 is 0 Å². The number of urea groups is 1. The third kappa shape index (κ3) is 9.39. The highest BCUT2D eigenvalue weighted by Crippen LogP contribution is 2.34. The zero-order valence-electron chi connectivity index (χ0n) is 26.0. The van der Waals surface area contributed by atoms with E-state index in [2.05, 4.69) is 21.3 Å². The van der Waals surface area contributed by atoms with Gasteiger partial charge in [-0.2, -0.15) is 0 Å². The molecule has 0 aromatic rings. The monoisotopic (exact) mass is 623 g/mol. The highest BCUT2D eigenvalue weighted by atomic mass is 32.2. The lowest BCUT2D eigenvalue weighted by molar-refractivity contribution is -0.144. The number of ketones is 1. The number of Topliss-reactive ketones (excluding diaryl/α,β-unsaturated/α-hetero) is 1. The Balaban J connectivity index is 1.44. The Labute approximate surface area is 255 Å². The summed E-state index contributed by atoms with van der Waals surface area (Å²) in [6, 6.07) is -3.36. The maximum atomic E-state index is 14.0. The van der Waals surface area contributed by atoms with Crippen LogP contribution in [0.2, 0.25) is 0 Å². The van der Waals surface area contributed by atoms with Crippen molar-refractivity contribution in [2.24, 2.45) is 11.3 Å². The van der Waals surface area contributed by atoms with Crippen LogP contribution < -0.4 is 21.3 Å². The van der Waals surface area contributed by atoms with Crippen LogP contribution in [0.15, 0.2) is 0 Å². The second kappa shape index (κ2) is 13.1. The molecule has 4 fully saturated rings. The summed E-state index contributed by atoms with van der Waals surface area (Å²) in [6.07, 6.45) is 9.76. The Hall–Kier alpha value is -2.70. The molecule has 242 valence electrons. The summed E-state index contributed by atoms with van der Waals surface area (Å²) >= 11 is 0. The summed E-state index contributed by atoms with van der Waals surface area (Å²) in [5, 5.41) is 11.2. The molecule has 43 heavy (non-hydrogen) atoms. The molecule has 0 bridgehead atoms. The van der Waals surface area contributed by atoms with Gasteiger partial charge in [0.1, 0.15) is 21.9 Å². The largest absolute Gasteiger partial charge is 0.347 e. The molecule has 1 aliphatic heterocycles. The zero-order chi connectivity index (χ0) is 31.6. The molecule has 3 atom stereocenters. The fourth-order valence-corrected chi connectivity index (χ4v) is 7.75. The molecule has 5 amide bonds. The smallest absolute Gasteiger partial charge is 0.315 e. The topological polar surface area (TPSA) is 171 Å². The number of carbonyl (C=O) groups is 5. The summed E-state index contributed by atoms with van der Waals surface area (Å²) < 4.78 is 24.4. The van der Waals surface area contributed by atoms with E-state index in [1.54, 1.807) is 0 Å². The van der Waals surface area contributed by atoms with Crippen molar-refractivity contribution in [3.05, 3.63) is 0 Å². The molecule has 0 radical (unpaired) electrons. The minimum Gasteiger partial charge on any atom is -0.347 e. The number of hydrogen-bond donors (Lipinski definition) is 4. The van der Waals surface area contributed by atoms with Gasteiger partial charge in [-0.25, -0.2) is 13.2 Å². The summed E-state index contributed by atoms with van der Waals surface area (Å²) in [5.41, 5.74) is -1.62. The number of likely N-dealkylation sites (tertiary alicyclic amines) is 1. The summed E-state index contributed by atoms with van der Waals surface area (Å²) in [6.45, 7) is 5.76. The third-order valence-electron chi connectivity index (χ3n) is 8.99. The van der Waals surface area contributed by atoms with E-state index in [1.165, 1.54) is 4.90 Å². The number of nitrogens with zero attached hydrogens (tertiary/aromatic N) is 1. The van der Waals surface area contributed by atoms with Gasteiger partial charge >= 0.3 is 6.03 Å². The number of sulfone groups is 1. The molecule has 3 aliphatic carbocycles.